The van der Waals surface area contributed by atoms with Crippen LogP contribution >= 0.6 is 11.6 Å². The summed E-state index contributed by atoms with van der Waals surface area (Å²) in [6.45, 7) is 0.395. The third-order valence-corrected chi connectivity index (χ3v) is 5.50. The van der Waals surface area contributed by atoms with Crippen LogP contribution in [0.3, 0.4) is 0 Å². The van der Waals surface area contributed by atoms with E-state index in [1.807, 2.05) is 30.3 Å². The van der Waals surface area contributed by atoms with Crippen LogP contribution in [0.2, 0.25) is 5.02 Å². The summed E-state index contributed by atoms with van der Waals surface area (Å²) < 4.78 is 13.3. The van der Waals surface area contributed by atoms with Crippen molar-refractivity contribution in [3.05, 3.63) is 93.5 Å². The second kappa shape index (κ2) is 8.40. The number of amides is 2. The van der Waals surface area contributed by atoms with E-state index in [9.17, 15) is 14.0 Å². The van der Waals surface area contributed by atoms with Crippen molar-refractivity contribution in [3.63, 3.8) is 0 Å². The molecule has 164 valence electrons. The van der Waals surface area contributed by atoms with Gasteiger partial charge in [-0.1, -0.05) is 35.9 Å². The Morgan fingerprint density at radius 3 is 2.58 bits per heavy atom. The van der Waals surface area contributed by atoms with E-state index >= 15 is 0 Å². The minimum Gasteiger partial charge on any atom is -0.378 e. The lowest BCUT2D eigenvalue weighted by atomic mass is 10.0. The van der Waals surface area contributed by atoms with Crippen LogP contribution in [0.25, 0.3) is 11.3 Å². The summed E-state index contributed by atoms with van der Waals surface area (Å²) in [6, 6.07) is 18.0. The van der Waals surface area contributed by atoms with E-state index in [2.05, 4.69) is 20.9 Å². The molecule has 2 aliphatic heterocycles. The van der Waals surface area contributed by atoms with E-state index < -0.39 is 11.8 Å². The number of fused-ring (bicyclic) bond motifs is 2. The number of halogens is 2. The Morgan fingerprint density at radius 1 is 1.00 bits per heavy atom. The lowest BCUT2D eigenvalue weighted by Gasteiger charge is -2.18. The van der Waals surface area contributed by atoms with Gasteiger partial charge in [-0.25, -0.2) is 14.2 Å². The summed E-state index contributed by atoms with van der Waals surface area (Å²) in [4.78, 5) is 32.6. The van der Waals surface area contributed by atoms with Gasteiger partial charge in [-0.3, -0.25) is 4.79 Å². The Balaban J connectivity index is 1.40. The van der Waals surface area contributed by atoms with Crippen LogP contribution in [0, 0.1) is 5.82 Å². The van der Waals surface area contributed by atoms with Crippen molar-refractivity contribution >= 4 is 46.1 Å². The molecule has 0 fully saturated rings. The van der Waals surface area contributed by atoms with E-state index in [0.717, 1.165) is 16.9 Å². The van der Waals surface area contributed by atoms with Gasteiger partial charge in [0.25, 0.3) is 5.56 Å². The Labute approximate surface area is 192 Å². The van der Waals surface area contributed by atoms with Crippen LogP contribution < -0.4 is 21.5 Å². The van der Waals surface area contributed by atoms with E-state index in [4.69, 9.17) is 16.6 Å². The molecule has 9 heteroatoms. The number of nitrogens with zero attached hydrogens (tertiary/aromatic N) is 1. The maximum absolute atomic E-state index is 13.3. The second-order valence-corrected chi connectivity index (χ2v) is 7.83. The first kappa shape index (κ1) is 20.7. The Bertz CT molecular complexity index is 1450. The number of anilines is 3. The van der Waals surface area contributed by atoms with Gasteiger partial charge in [-0.2, -0.15) is 0 Å². The molecule has 0 spiro atoms. The number of urea groups is 1. The molecule has 0 radical (unpaired) electrons. The number of carbonyl (C=O) groups is 1. The lowest BCUT2D eigenvalue weighted by Crippen LogP contribution is -2.24. The topological polar surface area (TPSA) is 98.4 Å². The zero-order chi connectivity index (χ0) is 22.9. The molecule has 2 heterocycles. The average molecular weight is 462 g/mol. The van der Waals surface area contributed by atoms with Gasteiger partial charge in [0, 0.05) is 22.6 Å². The molecular formula is C24H17ClFN5O2. The molecule has 0 bridgehead atoms. The molecule has 0 saturated heterocycles. The fourth-order valence-electron chi connectivity index (χ4n) is 3.69. The highest BCUT2D eigenvalue weighted by atomic mass is 35.5. The second-order valence-electron chi connectivity index (χ2n) is 7.42. The smallest absolute Gasteiger partial charge is 0.323 e. The molecule has 2 amide bonds. The summed E-state index contributed by atoms with van der Waals surface area (Å²) in [7, 11) is 0. The minimum atomic E-state index is -0.566. The number of carbonyl (C=O) groups excluding carboxylic acids is 1. The number of aromatic amines is 1. The van der Waals surface area contributed by atoms with Gasteiger partial charge in [0.2, 0.25) is 0 Å². The predicted octanol–water partition coefficient (Wildman–Crippen LogP) is 5.46. The van der Waals surface area contributed by atoms with Crippen LogP contribution in [-0.2, 0) is 0 Å². The molecule has 4 N–H and O–H groups in total. The highest BCUT2D eigenvalue weighted by molar-refractivity contribution is 6.31. The number of hydrogen-bond donors (Lipinski definition) is 4. The van der Waals surface area contributed by atoms with E-state index in [1.165, 1.54) is 18.2 Å². The fourth-order valence-corrected chi connectivity index (χ4v) is 3.88. The normalized spacial score (nSPS) is 12.5. The third-order valence-electron chi connectivity index (χ3n) is 5.21. The molecular weight excluding hydrogens is 445 g/mol. The van der Waals surface area contributed by atoms with Crippen molar-refractivity contribution in [2.45, 2.75) is 0 Å². The molecule has 0 saturated carbocycles. The largest absolute Gasteiger partial charge is 0.378 e. The summed E-state index contributed by atoms with van der Waals surface area (Å²) in [5.41, 5.74) is 4.68. The maximum atomic E-state index is 13.3. The first-order valence-corrected chi connectivity index (χ1v) is 10.5. The Hall–Kier alpha value is -4.17. The van der Waals surface area contributed by atoms with Crippen molar-refractivity contribution in [2.75, 3.05) is 22.5 Å². The molecule has 2 aromatic carbocycles. The van der Waals surface area contributed by atoms with Crippen LogP contribution in [0.4, 0.5) is 31.9 Å². The molecule has 33 heavy (non-hydrogen) atoms. The Morgan fingerprint density at radius 2 is 1.76 bits per heavy atom. The summed E-state index contributed by atoms with van der Waals surface area (Å²) in [6.07, 6.45) is 0. The van der Waals surface area contributed by atoms with Gasteiger partial charge < -0.3 is 20.9 Å². The monoisotopic (exact) mass is 461 g/mol. The summed E-state index contributed by atoms with van der Waals surface area (Å²) in [5.74, 6) is -0.566. The van der Waals surface area contributed by atoms with Gasteiger partial charge in [-0.05, 0) is 42.5 Å². The number of hydrogen-bond acceptors (Lipinski definition) is 4. The minimum absolute atomic E-state index is 0.0851. The van der Waals surface area contributed by atoms with E-state index in [0.29, 0.717) is 34.9 Å². The number of H-pyrrole nitrogens is 1. The SMILES string of the molecule is O=C(Nc1ccc(F)c(Cl)c1)Nc1ccc2c(c1)N=C(c1c3cccccc-3[nH]c1=O)CN2. The van der Waals surface area contributed by atoms with Crippen molar-refractivity contribution < 1.29 is 9.18 Å². The highest BCUT2D eigenvalue weighted by Crippen LogP contribution is 2.33. The average Bonchev–Trinajstić information content (AvgIpc) is 2.94. The quantitative estimate of drug-likeness (QED) is 0.326. The van der Waals surface area contributed by atoms with Crippen LogP contribution in [0.5, 0.6) is 0 Å². The number of rotatable bonds is 3. The van der Waals surface area contributed by atoms with Crippen molar-refractivity contribution in [1.29, 1.82) is 0 Å². The molecule has 1 aliphatic carbocycles. The van der Waals surface area contributed by atoms with Crippen LogP contribution in [0.1, 0.15) is 5.56 Å². The predicted molar refractivity (Wildman–Crippen MR) is 129 cm³/mol. The molecule has 2 aromatic rings. The zero-order valence-electron chi connectivity index (χ0n) is 17.1. The van der Waals surface area contributed by atoms with Crippen molar-refractivity contribution in [1.82, 2.24) is 4.98 Å². The third kappa shape index (κ3) is 4.16. The lowest BCUT2D eigenvalue weighted by molar-refractivity contribution is 0.262. The number of nitrogens with one attached hydrogen (secondary N) is 4. The molecule has 0 unspecified atom stereocenters. The highest BCUT2D eigenvalue weighted by Gasteiger charge is 2.22. The van der Waals surface area contributed by atoms with Gasteiger partial charge in [0.1, 0.15) is 5.82 Å². The molecule has 5 rings (SSSR count). The summed E-state index contributed by atoms with van der Waals surface area (Å²) >= 11 is 5.75. The van der Waals surface area contributed by atoms with Gasteiger partial charge in [0.05, 0.1) is 34.2 Å². The summed E-state index contributed by atoms with van der Waals surface area (Å²) in [5, 5.41) is 8.51. The van der Waals surface area contributed by atoms with Crippen molar-refractivity contribution in [2.24, 2.45) is 4.99 Å². The van der Waals surface area contributed by atoms with Crippen LogP contribution in [-0.4, -0.2) is 23.3 Å². The fraction of sp³-hybridized carbons (Fsp3) is 0.0417. The Kier molecular flexibility index (Phi) is 5.27. The first-order valence-electron chi connectivity index (χ1n) is 10.1. The number of aromatic nitrogens is 1. The number of benzene rings is 2. The molecule has 3 aliphatic rings. The van der Waals surface area contributed by atoms with Gasteiger partial charge in [0.15, 0.2) is 0 Å². The van der Waals surface area contributed by atoms with Crippen molar-refractivity contribution in [3.8, 4) is 11.3 Å². The zero-order valence-corrected chi connectivity index (χ0v) is 17.8. The van der Waals surface area contributed by atoms with Crippen LogP contribution in [0.15, 0.2) is 76.5 Å². The first-order chi connectivity index (χ1) is 16.0. The number of aliphatic imine (C=N–C) groups is 1. The standard InChI is InChI=1S/C24H17ClFN5O2/c25-16-10-13(6-8-17(16)26)28-24(33)29-14-7-9-19-20(11-14)30-21(12-27-19)22-15-4-2-1-3-5-18(15)31-23(22)32/h1-11,27H,12H2,(H,31,32)(H2,28,29,33). The molecule has 0 atom stereocenters. The van der Waals surface area contributed by atoms with Gasteiger partial charge in [-0.15, -0.1) is 0 Å². The molecule has 0 aromatic heterocycles. The van der Waals surface area contributed by atoms with E-state index in [-0.39, 0.29) is 10.6 Å². The maximum Gasteiger partial charge on any atom is 0.323 e. The van der Waals surface area contributed by atoms with Gasteiger partial charge >= 0.3 is 6.03 Å². The van der Waals surface area contributed by atoms with E-state index in [1.54, 1.807) is 18.2 Å². The molecule has 7 nitrogen and oxygen atoms in total.